The zero-order valence-electron chi connectivity index (χ0n) is 14.3. The van der Waals surface area contributed by atoms with Crippen molar-refractivity contribution in [2.75, 3.05) is 19.0 Å². The standard InChI is InChI=1S/C19H19N3O4/c1-26-16-10-6-5-9-14(16)20-17(23)12-22-18(24)15(21-19(22)25)11-13-7-3-2-4-8-13/h2-10,15H,11-12H2,1H3,(H,20,23)(H,21,25)/t15-/m0/s1. The van der Waals surface area contributed by atoms with Gasteiger partial charge in [-0.05, 0) is 17.7 Å². The molecule has 0 radical (unpaired) electrons. The van der Waals surface area contributed by atoms with Crippen molar-refractivity contribution in [2.24, 2.45) is 0 Å². The molecule has 1 fully saturated rings. The minimum Gasteiger partial charge on any atom is -0.495 e. The van der Waals surface area contributed by atoms with Gasteiger partial charge in [0, 0.05) is 6.42 Å². The number of carbonyl (C=O) groups is 3. The number of amides is 4. The van der Waals surface area contributed by atoms with Gasteiger partial charge in [-0.1, -0.05) is 42.5 Å². The number of para-hydroxylation sites is 2. The number of methoxy groups -OCH3 is 1. The summed E-state index contributed by atoms with van der Waals surface area (Å²) in [6.07, 6.45) is 0.385. The number of rotatable bonds is 6. The first-order valence-electron chi connectivity index (χ1n) is 8.17. The van der Waals surface area contributed by atoms with Gasteiger partial charge < -0.3 is 15.4 Å². The largest absolute Gasteiger partial charge is 0.495 e. The number of benzene rings is 2. The molecule has 0 aromatic heterocycles. The van der Waals surface area contributed by atoms with Gasteiger partial charge in [0.05, 0.1) is 12.8 Å². The van der Waals surface area contributed by atoms with Crippen molar-refractivity contribution in [3.05, 3.63) is 60.2 Å². The Balaban J connectivity index is 1.63. The Morgan fingerprint density at radius 2 is 1.81 bits per heavy atom. The van der Waals surface area contributed by atoms with Crippen LogP contribution >= 0.6 is 0 Å². The minimum atomic E-state index is -0.663. The van der Waals surface area contributed by atoms with Crippen LogP contribution in [0.2, 0.25) is 0 Å². The van der Waals surface area contributed by atoms with Crippen LogP contribution in [-0.2, 0) is 16.0 Å². The highest BCUT2D eigenvalue weighted by Crippen LogP contribution is 2.23. The molecule has 1 atom stereocenters. The van der Waals surface area contributed by atoms with Gasteiger partial charge in [-0.2, -0.15) is 0 Å². The molecule has 7 heteroatoms. The number of nitrogens with zero attached hydrogens (tertiary/aromatic N) is 1. The predicted octanol–water partition coefficient (Wildman–Crippen LogP) is 1.80. The van der Waals surface area contributed by atoms with Crippen molar-refractivity contribution in [1.82, 2.24) is 10.2 Å². The number of imide groups is 1. The summed E-state index contributed by atoms with van der Waals surface area (Å²) in [5.41, 5.74) is 1.42. The number of urea groups is 1. The van der Waals surface area contributed by atoms with Crippen LogP contribution in [0.4, 0.5) is 10.5 Å². The van der Waals surface area contributed by atoms with Crippen LogP contribution in [0.1, 0.15) is 5.56 Å². The zero-order chi connectivity index (χ0) is 18.5. The summed E-state index contributed by atoms with van der Waals surface area (Å²) in [7, 11) is 1.50. The van der Waals surface area contributed by atoms with Crippen LogP contribution < -0.4 is 15.4 Å². The first kappa shape index (κ1) is 17.5. The summed E-state index contributed by atoms with van der Waals surface area (Å²) < 4.78 is 5.17. The van der Waals surface area contributed by atoms with E-state index in [0.29, 0.717) is 17.9 Å². The van der Waals surface area contributed by atoms with Crippen LogP contribution in [0.15, 0.2) is 54.6 Å². The Labute approximate surface area is 150 Å². The van der Waals surface area contributed by atoms with E-state index in [9.17, 15) is 14.4 Å². The summed E-state index contributed by atoms with van der Waals surface area (Å²) in [6, 6.07) is 15.1. The molecule has 2 N–H and O–H groups in total. The monoisotopic (exact) mass is 353 g/mol. The van der Waals surface area contributed by atoms with E-state index in [1.165, 1.54) is 7.11 Å². The highest BCUT2D eigenvalue weighted by molar-refractivity contribution is 6.08. The van der Waals surface area contributed by atoms with Crippen molar-refractivity contribution in [2.45, 2.75) is 12.5 Å². The minimum absolute atomic E-state index is 0.353. The normalized spacial score (nSPS) is 16.3. The summed E-state index contributed by atoms with van der Waals surface area (Å²) in [4.78, 5) is 37.7. The zero-order valence-corrected chi connectivity index (χ0v) is 14.3. The number of nitrogens with one attached hydrogen (secondary N) is 2. The third-order valence-electron chi connectivity index (χ3n) is 4.07. The second-order valence-corrected chi connectivity index (χ2v) is 5.86. The van der Waals surface area contributed by atoms with E-state index in [0.717, 1.165) is 10.5 Å². The average molecular weight is 353 g/mol. The molecule has 2 aromatic rings. The van der Waals surface area contributed by atoms with Crippen molar-refractivity contribution >= 4 is 23.5 Å². The molecule has 2 aromatic carbocycles. The van der Waals surface area contributed by atoms with Gasteiger partial charge in [0.15, 0.2) is 0 Å². The fourth-order valence-electron chi connectivity index (χ4n) is 2.80. The van der Waals surface area contributed by atoms with Gasteiger partial charge in [0.1, 0.15) is 18.3 Å². The SMILES string of the molecule is COc1ccccc1NC(=O)CN1C(=O)N[C@@H](Cc2ccccc2)C1=O. The van der Waals surface area contributed by atoms with Crippen LogP contribution in [0, 0.1) is 0 Å². The van der Waals surface area contributed by atoms with Crippen molar-refractivity contribution in [3.63, 3.8) is 0 Å². The smallest absolute Gasteiger partial charge is 0.325 e. The molecule has 134 valence electrons. The lowest BCUT2D eigenvalue weighted by Crippen LogP contribution is -2.38. The van der Waals surface area contributed by atoms with Gasteiger partial charge in [-0.15, -0.1) is 0 Å². The summed E-state index contributed by atoms with van der Waals surface area (Å²) in [5, 5.41) is 5.28. The van der Waals surface area contributed by atoms with E-state index in [1.807, 2.05) is 30.3 Å². The summed E-state index contributed by atoms with van der Waals surface area (Å²) >= 11 is 0. The molecule has 3 rings (SSSR count). The van der Waals surface area contributed by atoms with E-state index in [2.05, 4.69) is 10.6 Å². The summed E-state index contributed by atoms with van der Waals surface area (Å²) in [6.45, 7) is -0.353. The van der Waals surface area contributed by atoms with E-state index < -0.39 is 23.9 Å². The number of ether oxygens (including phenoxy) is 1. The Kier molecular flexibility index (Phi) is 5.17. The molecule has 0 unspecified atom stereocenters. The van der Waals surface area contributed by atoms with Crippen LogP contribution in [0.5, 0.6) is 5.75 Å². The molecule has 1 saturated heterocycles. The predicted molar refractivity (Wildman–Crippen MR) is 95.8 cm³/mol. The molecular formula is C19H19N3O4. The highest BCUT2D eigenvalue weighted by atomic mass is 16.5. The topological polar surface area (TPSA) is 87.7 Å². The van der Waals surface area contributed by atoms with Gasteiger partial charge in [-0.3, -0.25) is 14.5 Å². The fraction of sp³-hybridized carbons (Fsp3) is 0.211. The Hall–Kier alpha value is -3.35. The molecule has 0 spiro atoms. The van der Waals surface area contributed by atoms with E-state index in [4.69, 9.17) is 4.74 Å². The van der Waals surface area contributed by atoms with Crippen molar-refractivity contribution in [1.29, 1.82) is 0 Å². The second kappa shape index (κ2) is 7.69. The quantitative estimate of drug-likeness (QED) is 0.775. The lowest BCUT2D eigenvalue weighted by Gasteiger charge is -2.14. The van der Waals surface area contributed by atoms with E-state index in [1.54, 1.807) is 24.3 Å². The molecule has 1 aliphatic heterocycles. The number of hydrogen-bond donors (Lipinski definition) is 2. The Morgan fingerprint density at radius 3 is 2.54 bits per heavy atom. The van der Waals surface area contributed by atoms with Crippen LogP contribution in [0.25, 0.3) is 0 Å². The molecule has 1 heterocycles. The molecule has 26 heavy (non-hydrogen) atoms. The van der Waals surface area contributed by atoms with E-state index in [-0.39, 0.29) is 6.54 Å². The van der Waals surface area contributed by atoms with Crippen molar-refractivity contribution in [3.8, 4) is 5.75 Å². The van der Waals surface area contributed by atoms with Gasteiger partial charge in [0.25, 0.3) is 5.91 Å². The Bertz CT molecular complexity index is 823. The lowest BCUT2D eigenvalue weighted by atomic mass is 10.1. The average Bonchev–Trinajstić information content (AvgIpc) is 2.90. The number of anilines is 1. The molecular weight excluding hydrogens is 334 g/mol. The maximum atomic E-state index is 12.5. The van der Waals surface area contributed by atoms with Crippen LogP contribution in [0.3, 0.4) is 0 Å². The van der Waals surface area contributed by atoms with Gasteiger partial charge in [0.2, 0.25) is 5.91 Å². The fourth-order valence-corrected chi connectivity index (χ4v) is 2.80. The maximum absolute atomic E-state index is 12.5. The third kappa shape index (κ3) is 3.83. The number of hydrogen-bond acceptors (Lipinski definition) is 4. The van der Waals surface area contributed by atoms with E-state index >= 15 is 0 Å². The first-order valence-corrected chi connectivity index (χ1v) is 8.17. The molecule has 1 aliphatic rings. The molecule has 7 nitrogen and oxygen atoms in total. The molecule has 0 bridgehead atoms. The molecule has 0 saturated carbocycles. The Morgan fingerprint density at radius 1 is 1.12 bits per heavy atom. The van der Waals surface area contributed by atoms with Crippen molar-refractivity contribution < 1.29 is 19.1 Å². The van der Waals surface area contributed by atoms with Crippen LogP contribution in [-0.4, -0.2) is 42.4 Å². The summed E-state index contributed by atoms with van der Waals surface area (Å²) in [5.74, 6) is -0.382. The third-order valence-corrected chi connectivity index (χ3v) is 4.07. The number of carbonyl (C=O) groups excluding carboxylic acids is 3. The maximum Gasteiger partial charge on any atom is 0.325 e. The van der Waals surface area contributed by atoms with Gasteiger partial charge in [-0.25, -0.2) is 4.79 Å². The lowest BCUT2D eigenvalue weighted by molar-refractivity contribution is -0.130. The van der Waals surface area contributed by atoms with Gasteiger partial charge >= 0.3 is 6.03 Å². The first-order chi connectivity index (χ1) is 12.6. The molecule has 4 amide bonds. The molecule has 0 aliphatic carbocycles. The highest BCUT2D eigenvalue weighted by Gasteiger charge is 2.38. The second-order valence-electron chi connectivity index (χ2n) is 5.86.